The molecule has 1 aromatic carbocycles. The fraction of sp³-hybridized carbons (Fsp3) is 0.433. The van der Waals surface area contributed by atoms with E-state index in [-0.39, 0.29) is 18.4 Å². The molecule has 2 amide bonds. The van der Waals surface area contributed by atoms with Crippen LogP contribution in [0.3, 0.4) is 0 Å². The molecule has 1 saturated heterocycles. The van der Waals surface area contributed by atoms with Crippen LogP contribution in [0, 0.1) is 0 Å². The van der Waals surface area contributed by atoms with Gasteiger partial charge < -0.3 is 29.4 Å². The number of carbonyl (C=O) groups excluding carboxylic acids is 2. The number of carbonyl (C=O) groups is 3. The van der Waals surface area contributed by atoms with Gasteiger partial charge in [-0.3, -0.25) is 4.79 Å². The summed E-state index contributed by atoms with van der Waals surface area (Å²) in [5.74, 6) is -0.0276. The number of likely N-dealkylation sites (tertiary alicyclic amines) is 1. The highest BCUT2D eigenvalue weighted by molar-refractivity contribution is 7.12. The third kappa shape index (κ3) is 6.99. The number of aromatic nitrogens is 2. The molecule has 0 spiro atoms. The lowest BCUT2D eigenvalue weighted by Gasteiger charge is -2.32. The van der Waals surface area contributed by atoms with E-state index in [9.17, 15) is 19.5 Å². The summed E-state index contributed by atoms with van der Waals surface area (Å²) in [5, 5.41) is 12.2. The first-order chi connectivity index (χ1) is 20.3. The van der Waals surface area contributed by atoms with Crippen molar-refractivity contribution < 1.29 is 24.2 Å². The molecule has 1 aliphatic rings. The lowest BCUT2D eigenvalue weighted by atomic mass is 10.0. The first kappa shape index (κ1) is 30.8. The smallest absolute Gasteiger partial charge is 0.415 e. The maximum Gasteiger partial charge on any atom is 0.415 e. The molecule has 0 bridgehead atoms. The predicted octanol–water partition coefficient (Wildman–Crippen LogP) is 4.78. The average Bonchev–Trinajstić information content (AvgIpc) is 3.73. The SMILES string of the molecule is CCN(CC)c1ncc(N(CC)C(=O)c2cccs2)c(N(C)C(Cc2ccc(OC(=O)N3CCCC3)cc2)C(=O)O)n1. The quantitative estimate of drug-likeness (QED) is 0.316. The minimum Gasteiger partial charge on any atom is -0.480 e. The zero-order valence-corrected chi connectivity index (χ0v) is 25.3. The number of amides is 2. The van der Waals surface area contributed by atoms with Gasteiger partial charge in [-0.2, -0.15) is 4.98 Å². The molecule has 224 valence electrons. The Hall–Kier alpha value is -4.19. The second-order valence-electron chi connectivity index (χ2n) is 9.95. The highest BCUT2D eigenvalue weighted by Gasteiger charge is 2.30. The number of thiophene rings is 1. The maximum absolute atomic E-state index is 13.4. The molecule has 2 aromatic heterocycles. The van der Waals surface area contributed by atoms with Gasteiger partial charge in [-0.15, -0.1) is 11.3 Å². The second kappa shape index (κ2) is 14.1. The maximum atomic E-state index is 13.4. The summed E-state index contributed by atoms with van der Waals surface area (Å²) in [7, 11) is 1.67. The van der Waals surface area contributed by atoms with Gasteiger partial charge in [0.15, 0.2) is 5.82 Å². The van der Waals surface area contributed by atoms with Crippen LogP contribution in [-0.2, 0) is 11.2 Å². The van der Waals surface area contributed by atoms with Crippen molar-refractivity contribution in [2.45, 2.75) is 46.1 Å². The molecule has 1 fully saturated rings. The number of ether oxygens (including phenoxy) is 1. The van der Waals surface area contributed by atoms with E-state index in [4.69, 9.17) is 9.72 Å². The van der Waals surface area contributed by atoms with E-state index in [0.717, 1.165) is 18.4 Å². The number of anilines is 3. The van der Waals surface area contributed by atoms with E-state index >= 15 is 0 Å². The Morgan fingerprint density at radius 1 is 1.05 bits per heavy atom. The summed E-state index contributed by atoms with van der Waals surface area (Å²) >= 11 is 1.34. The molecule has 3 heterocycles. The lowest BCUT2D eigenvalue weighted by molar-refractivity contribution is -0.138. The third-order valence-corrected chi connectivity index (χ3v) is 8.23. The summed E-state index contributed by atoms with van der Waals surface area (Å²) in [5.41, 5.74) is 1.18. The number of carboxylic acid groups (broad SMARTS) is 1. The van der Waals surface area contributed by atoms with Gasteiger partial charge in [-0.1, -0.05) is 18.2 Å². The van der Waals surface area contributed by atoms with Gasteiger partial charge in [0.1, 0.15) is 17.5 Å². The topological polar surface area (TPSA) is 119 Å². The van der Waals surface area contributed by atoms with Crippen molar-refractivity contribution in [3.05, 3.63) is 58.4 Å². The molecular formula is C30H38N6O5S. The summed E-state index contributed by atoms with van der Waals surface area (Å²) in [6.45, 7) is 8.92. The molecule has 1 unspecified atom stereocenters. The van der Waals surface area contributed by atoms with Crippen LogP contribution in [0.15, 0.2) is 48.0 Å². The number of carboxylic acids is 1. The Morgan fingerprint density at radius 2 is 1.74 bits per heavy atom. The van der Waals surface area contributed by atoms with Crippen LogP contribution in [0.4, 0.5) is 22.2 Å². The fourth-order valence-electron chi connectivity index (χ4n) is 4.94. The van der Waals surface area contributed by atoms with Crippen molar-refractivity contribution in [1.82, 2.24) is 14.9 Å². The van der Waals surface area contributed by atoms with E-state index in [2.05, 4.69) is 4.98 Å². The first-order valence-electron chi connectivity index (χ1n) is 14.3. The van der Waals surface area contributed by atoms with Crippen molar-refractivity contribution in [2.75, 3.05) is 54.5 Å². The van der Waals surface area contributed by atoms with Crippen LogP contribution in [0.1, 0.15) is 48.8 Å². The summed E-state index contributed by atoms with van der Waals surface area (Å²) < 4.78 is 5.49. The predicted molar refractivity (Wildman–Crippen MR) is 164 cm³/mol. The molecule has 4 rings (SSSR count). The van der Waals surface area contributed by atoms with E-state index in [0.29, 0.717) is 60.8 Å². The number of rotatable bonds is 12. The summed E-state index contributed by atoms with van der Waals surface area (Å²) in [4.78, 5) is 55.1. The molecule has 42 heavy (non-hydrogen) atoms. The Kier molecular flexibility index (Phi) is 10.3. The largest absolute Gasteiger partial charge is 0.480 e. The Labute approximate surface area is 250 Å². The van der Waals surface area contributed by atoms with Crippen LogP contribution in [0.2, 0.25) is 0 Å². The molecule has 3 aromatic rings. The molecule has 0 radical (unpaired) electrons. The molecule has 1 aliphatic heterocycles. The van der Waals surface area contributed by atoms with Crippen LogP contribution in [0.5, 0.6) is 5.75 Å². The number of hydrogen-bond donors (Lipinski definition) is 1. The van der Waals surface area contributed by atoms with Crippen LogP contribution in [-0.4, -0.2) is 83.8 Å². The highest BCUT2D eigenvalue weighted by Crippen LogP contribution is 2.32. The van der Waals surface area contributed by atoms with Gasteiger partial charge in [0, 0.05) is 46.2 Å². The number of hydrogen-bond acceptors (Lipinski definition) is 9. The van der Waals surface area contributed by atoms with E-state index < -0.39 is 12.0 Å². The Balaban J connectivity index is 1.63. The molecular weight excluding hydrogens is 556 g/mol. The van der Waals surface area contributed by atoms with E-state index in [1.54, 1.807) is 58.3 Å². The zero-order chi connectivity index (χ0) is 30.2. The van der Waals surface area contributed by atoms with Gasteiger partial charge in [-0.05, 0) is 62.8 Å². The van der Waals surface area contributed by atoms with Gasteiger partial charge in [0.05, 0.1) is 11.1 Å². The molecule has 12 heteroatoms. The number of nitrogens with zero attached hydrogens (tertiary/aromatic N) is 6. The van der Waals surface area contributed by atoms with Crippen LogP contribution >= 0.6 is 11.3 Å². The summed E-state index contributed by atoms with van der Waals surface area (Å²) in [6.07, 6.45) is 3.33. The van der Waals surface area contributed by atoms with Crippen molar-refractivity contribution in [3.63, 3.8) is 0 Å². The standard InChI is InChI=1S/C30H38N6O5S/c1-5-34(6-2)29-31-20-24(36(7-3)27(37)25-11-10-18-42-25)26(32-29)33(4)23(28(38)39)19-21-12-14-22(15-13-21)41-30(40)35-16-8-9-17-35/h10-15,18,20,23H,5-9,16-17,19H2,1-4H3,(H,38,39). The molecule has 0 aliphatic carbocycles. The van der Waals surface area contributed by atoms with Gasteiger partial charge in [0.25, 0.3) is 5.91 Å². The lowest BCUT2D eigenvalue weighted by Crippen LogP contribution is -2.42. The van der Waals surface area contributed by atoms with E-state index in [1.165, 1.54) is 11.3 Å². The highest BCUT2D eigenvalue weighted by atomic mass is 32.1. The van der Waals surface area contributed by atoms with Crippen LogP contribution < -0.4 is 19.4 Å². The fourth-order valence-corrected chi connectivity index (χ4v) is 5.61. The Morgan fingerprint density at radius 3 is 2.31 bits per heavy atom. The van der Waals surface area contributed by atoms with Crippen molar-refractivity contribution in [1.29, 1.82) is 0 Å². The van der Waals surface area contributed by atoms with Crippen molar-refractivity contribution >= 4 is 46.8 Å². The van der Waals surface area contributed by atoms with Gasteiger partial charge >= 0.3 is 12.1 Å². The minimum atomic E-state index is -1.04. The molecule has 1 atom stereocenters. The van der Waals surface area contributed by atoms with Gasteiger partial charge in [0.2, 0.25) is 5.95 Å². The zero-order valence-electron chi connectivity index (χ0n) is 24.5. The Bertz CT molecular complexity index is 1360. The number of benzene rings is 1. The third-order valence-electron chi connectivity index (χ3n) is 7.38. The second-order valence-corrected chi connectivity index (χ2v) is 10.9. The van der Waals surface area contributed by atoms with E-state index in [1.807, 2.05) is 37.1 Å². The molecule has 1 N–H and O–H groups in total. The molecule has 0 saturated carbocycles. The van der Waals surface area contributed by atoms with Gasteiger partial charge in [-0.25, -0.2) is 14.6 Å². The first-order valence-corrected chi connectivity index (χ1v) is 15.1. The van der Waals surface area contributed by atoms with Crippen molar-refractivity contribution in [3.8, 4) is 5.75 Å². The average molecular weight is 595 g/mol. The number of likely N-dealkylation sites (N-methyl/N-ethyl adjacent to an activating group) is 1. The monoisotopic (exact) mass is 594 g/mol. The molecule has 11 nitrogen and oxygen atoms in total. The number of aliphatic carboxylic acids is 1. The normalized spacial score (nSPS) is 13.5. The van der Waals surface area contributed by atoms with Crippen LogP contribution in [0.25, 0.3) is 0 Å². The van der Waals surface area contributed by atoms with Crippen molar-refractivity contribution in [2.24, 2.45) is 0 Å². The summed E-state index contributed by atoms with van der Waals surface area (Å²) in [6, 6.07) is 9.45. The minimum absolute atomic E-state index is 0.154.